The largest absolute Gasteiger partial charge is 0.393 e. The van der Waals surface area contributed by atoms with Crippen LogP contribution in [0.25, 0.3) is 0 Å². The third-order valence-corrected chi connectivity index (χ3v) is 4.78. The Hall–Kier alpha value is -0.0800. The zero-order valence-electron chi connectivity index (χ0n) is 10.7. The summed E-state index contributed by atoms with van der Waals surface area (Å²) < 4.78 is 5.37. The van der Waals surface area contributed by atoms with Crippen molar-refractivity contribution in [2.45, 2.75) is 52.1 Å². The normalized spacial score (nSPS) is 42.2. The van der Waals surface area contributed by atoms with E-state index >= 15 is 0 Å². The van der Waals surface area contributed by atoms with Gasteiger partial charge < -0.3 is 9.84 Å². The molecule has 1 saturated heterocycles. The first-order chi connectivity index (χ1) is 7.66. The fourth-order valence-corrected chi connectivity index (χ4v) is 3.24. The van der Waals surface area contributed by atoms with Crippen molar-refractivity contribution in [1.82, 2.24) is 0 Å². The number of rotatable bonds is 3. The third kappa shape index (κ3) is 2.98. The lowest BCUT2D eigenvalue weighted by molar-refractivity contribution is 0.0372. The highest BCUT2D eigenvalue weighted by atomic mass is 16.5. The summed E-state index contributed by atoms with van der Waals surface area (Å²) in [7, 11) is 0. The number of hydrogen-bond acceptors (Lipinski definition) is 2. The Balaban J connectivity index is 1.78. The van der Waals surface area contributed by atoms with Crippen LogP contribution < -0.4 is 0 Å². The van der Waals surface area contributed by atoms with Crippen LogP contribution in [0, 0.1) is 23.7 Å². The maximum atomic E-state index is 10.3. The minimum Gasteiger partial charge on any atom is -0.393 e. The number of ether oxygens (including phenoxy) is 1. The van der Waals surface area contributed by atoms with Crippen LogP contribution in [0.1, 0.15) is 46.0 Å². The first-order valence-electron chi connectivity index (χ1n) is 6.92. The van der Waals surface area contributed by atoms with Crippen LogP contribution >= 0.6 is 0 Å². The predicted molar refractivity (Wildman–Crippen MR) is 65.2 cm³/mol. The van der Waals surface area contributed by atoms with Gasteiger partial charge in [0.25, 0.3) is 0 Å². The molecule has 2 rings (SSSR count). The molecule has 0 aromatic rings. The van der Waals surface area contributed by atoms with Gasteiger partial charge in [0.2, 0.25) is 0 Å². The first kappa shape index (κ1) is 12.4. The summed E-state index contributed by atoms with van der Waals surface area (Å²) in [6.07, 6.45) is 5.77. The van der Waals surface area contributed by atoms with Gasteiger partial charge in [-0.15, -0.1) is 0 Å². The average molecular weight is 226 g/mol. The highest BCUT2D eigenvalue weighted by Gasteiger charge is 2.31. The molecule has 1 aliphatic heterocycles. The molecule has 1 heterocycles. The summed E-state index contributed by atoms with van der Waals surface area (Å²) in [4.78, 5) is 0. The zero-order chi connectivity index (χ0) is 11.5. The smallest absolute Gasteiger partial charge is 0.0572 e. The van der Waals surface area contributed by atoms with Crippen molar-refractivity contribution < 1.29 is 9.84 Å². The van der Waals surface area contributed by atoms with Gasteiger partial charge in [-0.3, -0.25) is 0 Å². The lowest BCUT2D eigenvalue weighted by atomic mass is 9.72. The van der Waals surface area contributed by atoms with Crippen LogP contribution in [0.5, 0.6) is 0 Å². The molecule has 1 saturated carbocycles. The summed E-state index contributed by atoms with van der Waals surface area (Å²) in [6.45, 7) is 6.45. The van der Waals surface area contributed by atoms with Gasteiger partial charge in [0, 0.05) is 13.2 Å². The Kier molecular flexibility index (Phi) is 4.26. The molecule has 2 heteroatoms. The fourth-order valence-electron chi connectivity index (χ4n) is 3.24. The standard InChI is InChI=1S/C14H26O2/c1-10-3-4-13(7-11(10)2)14(15)8-12-5-6-16-9-12/h10-15H,3-9H2,1-2H3. The molecule has 5 atom stereocenters. The van der Waals surface area contributed by atoms with E-state index in [1.165, 1.54) is 19.3 Å². The molecular formula is C14H26O2. The molecule has 1 aliphatic carbocycles. The molecular weight excluding hydrogens is 200 g/mol. The van der Waals surface area contributed by atoms with E-state index in [4.69, 9.17) is 4.74 Å². The van der Waals surface area contributed by atoms with E-state index in [1.807, 2.05) is 0 Å². The molecule has 94 valence electrons. The highest BCUT2D eigenvalue weighted by Crippen LogP contribution is 2.36. The minimum absolute atomic E-state index is 0.0818. The van der Waals surface area contributed by atoms with E-state index in [0.29, 0.717) is 11.8 Å². The van der Waals surface area contributed by atoms with Crippen molar-refractivity contribution in [2.75, 3.05) is 13.2 Å². The van der Waals surface area contributed by atoms with Crippen molar-refractivity contribution in [3.05, 3.63) is 0 Å². The Morgan fingerprint density at radius 3 is 2.62 bits per heavy atom. The third-order valence-electron chi connectivity index (χ3n) is 4.78. The Morgan fingerprint density at radius 1 is 1.19 bits per heavy atom. The molecule has 0 aromatic heterocycles. The van der Waals surface area contributed by atoms with Gasteiger partial charge in [0.1, 0.15) is 0 Å². The molecule has 0 bridgehead atoms. The van der Waals surface area contributed by atoms with Crippen LogP contribution in [0.4, 0.5) is 0 Å². The molecule has 2 nitrogen and oxygen atoms in total. The molecule has 1 N–H and O–H groups in total. The average Bonchev–Trinajstić information content (AvgIpc) is 2.74. The Morgan fingerprint density at radius 2 is 2.00 bits per heavy atom. The number of aliphatic hydroxyl groups excluding tert-OH is 1. The zero-order valence-corrected chi connectivity index (χ0v) is 10.7. The van der Waals surface area contributed by atoms with E-state index in [0.717, 1.165) is 37.9 Å². The molecule has 0 radical (unpaired) electrons. The van der Waals surface area contributed by atoms with Crippen LogP contribution in [0.3, 0.4) is 0 Å². The second-order valence-electron chi connectivity index (χ2n) is 6.06. The molecule has 0 spiro atoms. The minimum atomic E-state index is -0.0818. The SMILES string of the molecule is CC1CCC(C(O)CC2CCOC2)CC1C. The molecule has 2 aliphatic rings. The van der Waals surface area contributed by atoms with Gasteiger partial charge in [0.05, 0.1) is 6.10 Å². The summed E-state index contributed by atoms with van der Waals surface area (Å²) in [5, 5.41) is 10.3. The van der Waals surface area contributed by atoms with Crippen LogP contribution in [-0.2, 0) is 4.74 Å². The summed E-state index contributed by atoms with van der Waals surface area (Å²) in [5.74, 6) is 2.79. The topological polar surface area (TPSA) is 29.5 Å². The Bertz CT molecular complexity index is 211. The van der Waals surface area contributed by atoms with Crippen LogP contribution in [0.15, 0.2) is 0 Å². The van der Waals surface area contributed by atoms with Gasteiger partial charge in [-0.05, 0) is 49.4 Å². The maximum Gasteiger partial charge on any atom is 0.0572 e. The second-order valence-corrected chi connectivity index (χ2v) is 6.06. The van der Waals surface area contributed by atoms with E-state index in [2.05, 4.69) is 13.8 Å². The van der Waals surface area contributed by atoms with Crippen LogP contribution in [0.2, 0.25) is 0 Å². The lowest BCUT2D eigenvalue weighted by Gasteiger charge is -2.35. The Labute approximate surface area is 99.4 Å². The quantitative estimate of drug-likeness (QED) is 0.802. The number of aliphatic hydroxyl groups is 1. The van der Waals surface area contributed by atoms with Crippen molar-refractivity contribution >= 4 is 0 Å². The van der Waals surface area contributed by atoms with Crippen molar-refractivity contribution in [3.63, 3.8) is 0 Å². The summed E-state index contributed by atoms with van der Waals surface area (Å²) in [6, 6.07) is 0. The van der Waals surface area contributed by atoms with Crippen molar-refractivity contribution in [1.29, 1.82) is 0 Å². The van der Waals surface area contributed by atoms with E-state index in [1.54, 1.807) is 0 Å². The molecule has 5 unspecified atom stereocenters. The van der Waals surface area contributed by atoms with Gasteiger partial charge in [-0.25, -0.2) is 0 Å². The fraction of sp³-hybridized carbons (Fsp3) is 1.00. The number of hydrogen-bond donors (Lipinski definition) is 1. The predicted octanol–water partition coefficient (Wildman–Crippen LogP) is 2.85. The van der Waals surface area contributed by atoms with Gasteiger partial charge >= 0.3 is 0 Å². The monoisotopic (exact) mass is 226 g/mol. The highest BCUT2D eigenvalue weighted by molar-refractivity contribution is 4.81. The second kappa shape index (κ2) is 5.50. The van der Waals surface area contributed by atoms with Gasteiger partial charge in [-0.2, -0.15) is 0 Å². The molecule has 2 fully saturated rings. The summed E-state index contributed by atoms with van der Waals surface area (Å²) >= 11 is 0. The molecule has 16 heavy (non-hydrogen) atoms. The van der Waals surface area contributed by atoms with Crippen molar-refractivity contribution in [2.24, 2.45) is 23.7 Å². The molecule has 0 aromatic carbocycles. The molecule has 0 amide bonds. The van der Waals surface area contributed by atoms with E-state index in [9.17, 15) is 5.11 Å². The maximum absolute atomic E-state index is 10.3. The summed E-state index contributed by atoms with van der Waals surface area (Å²) in [5.41, 5.74) is 0. The van der Waals surface area contributed by atoms with Crippen LogP contribution in [-0.4, -0.2) is 24.4 Å². The van der Waals surface area contributed by atoms with E-state index in [-0.39, 0.29) is 6.10 Å². The van der Waals surface area contributed by atoms with Crippen molar-refractivity contribution in [3.8, 4) is 0 Å². The van der Waals surface area contributed by atoms with Gasteiger partial charge in [0.15, 0.2) is 0 Å². The first-order valence-corrected chi connectivity index (χ1v) is 6.92. The lowest BCUT2D eigenvalue weighted by Crippen LogP contribution is -2.31. The van der Waals surface area contributed by atoms with E-state index < -0.39 is 0 Å². The van der Waals surface area contributed by atoms with Gasteiger partial charge in [-0.1, -0.05) is 20.3 Å².